The number of carbonyl (C=O) groups excluding carboxylic acids is 1. The van der Waals surface area contributed by atoms with Gasteiger partial charge in [-0.25, -0.2) is 0 Å². The van der Waals surface area contributed by atoms with E-state index >= 15 is 0 Å². The maximum Gasteiger partial charge on any atom is 0.262 e. The zero-order valence-electron chi connectivity index (χ0n) is 13.0. The topological polar surface area (TPSA) is 56.8 Å². The van der Waals surface area contributed by atoms with Crippen LogP contribution in [0.1, 0.15) is 6.42 Å². The number of benzene rings is 2. The highest BCUT2D eigenvalue weighted by atomic mass is 35.5. The van der Waals surface area contributed by atoms with Gasteiger partial charge in [-0.1, -0.05) is 34.8 Å². The molecule has 1 heterocycles. The highest BCUT2D eigenvalue weighted by molar-refractivity contribution is 6.35. The fourth-order valence-electron chi connectivity index (χ4n) is 2.23. The third-order valence-electron chi connectivity index (χ3n) is 3.32. The Hall–Kier alpha value is -1.82. The number of hydrogen-bond acceptors (Lipinski definition) is 4. The molecule has 25 heavy (non-hydrogen) atoms. The lowest BCUT2D eigenvalue weighted by molar-refractivity contribution is -0.118. The molecule has 3 rings (SSSR count). The fraction of sp³-hybridized carbons (Fsp3) is 0.235. The van der Waals surface area contributed by atoms with Crippen molar-refractivity contribution in [2.75, 3.05) is 25.1 Å². The van der Waals surface area contributed by atoms with Gasteiger partial charge in [0.05, 0.1) is 23.9 Å². The number of ether oxygens (including phenoxy) is 3. The van der Waals surface area contributed by atoms with Gasteiger partial charge in [-0.15, -0.1) is 0 Å². The SMILES string of the molecule is O=C(COc1cc(Cl)cc(Cl)c1)Nc1cc2c(cc1Cl)OCCCO2. The first kappa shape index (κ1) is 18.0. The van der Waals surface area contributed by atoms with E-state index in [2.05, 4.69) is 5.32 Å². The number of rotatable bonds is 4. The summed E-state index contributed by atoms with van der Waals surface area (Å²) in [5.41, 5.74) is 0.420. The molecule has 1 aliphatic heterocycles. The molecule has 0 radical (unpaired) electrons. The lowest BCUT2D eigenvalue weighted by Crippen LogP contribution is -2.20. The Balaban J connectivity index is 1.65. The molecule has 0 atom stereocenters. The van der Waals surface area contributed by atoms with Crippen molar-refractivity contribution in [3.8, 4) is 17.2 Å². The quantitative estimate of drug-likeness (QED) is 0.796. The van der Waals surface area contributed by atoms with Crippen LogP contribution in [0.5, 0.6) is 17.2 Å². The maximum absolute atomic E-state index is 12.1. The van der Waals surface area contributed by atoms with Crippen LogP contribution in [0.25, 0.3) is 0 Å². The monoisotopic (exact) mass is 401 g/mol. The lowest BCUT2D eigenvalue weighted by Gasteiger charge is -2.13. The summed E-state index contributed by atoms with van der Waals surface area (Å²) in [6, 6.07) is 7.97. The summed E-state index contributed by atoms with van der Waals surface area (Å²) < 4.78 is 16.5. The zero-order chi connectivity index (χ0) is 17.8. The Kier molecular flexibility index (Phi) is 5.78. The Morgan fingerprint density at radius 1 is 1.00 bits per heavy atom. The van der Waals surface area contributed by atoms with Gasteiger partial charge in [0, 0.05) is 28.6 Å². The van der Waals surface area contributed by atoms with Gasteiger partial charge >= 0.3 is 0 Å². The first-order valence-corrected chi connectivity index (χ1v) is 8.62. The van der Waals surface area contributed by atoms with Crippen LogP contribution >= 0.6 is 34.8 Å². The fourth-order valence-corrected chi connectivity index (χ4v) is 2.93. The predicted molar refractivity (Wildman–Crippen MR) is 97.6 cm³/mol. The third-order valence-corrected chi connectivity index (χ3v) is 4.07. The van der Waals surface area contributed by atoms with Crippen LogP contribution in [0.15, 0.2) is 30.3 Å². The number of halogens is 3. The molecule has 5 nitrogen and oxygen atoms in total. The summed E-state index contributed by atoms with van der Waals surface area (Å²) in [6.07, 6.45) is 0.782. The Morgan fingerprint density at radius 3 is 2.32 bits per heavy atom. The molecule has 0 aromatic heterocycles. The van der Waals surface area contributed by atoms with E-state index in [9.17, 15) is 4.79 Å². The van der Waals surface area contributed by atoms with E-state index in [1.807, 2.05) is 0 Å². The second-order valence-corrected chi connectivity index (χ2v) is 6.55. The molecule has 0 saturated carbocycles. The van der Waals surface area contributed by atoms with Crippen molar-refractivity contribution >= 4 is 46.4 Å². The molecule has 2 aromatic carbocycles. The molecule has 1 aliphatic rings. The van der Waals surface area contributed by atoms with E-state index in [1.165, 1.54) is 0 Å². The van der Waals surface area contributed by atoms with Crippen molar-refractivity contribution in [3.05, 3.63) is 45.4 Å². The molecule has 8 heteroatoms. The summed E-state index contributed by atoms with van der Waals surface area (Å²) in [6.45, 7) is 0.882. The van der Waals surface area contributed by atoms with Crippen molar-refractivity contribution in [2.45, 2.75) is 6.42 Å². The summed E-state index contributed by atoms with van der Waals surface area (Å²) in [4.78, 5) is 12.1. The van der Waals surface area contributed by atoms with Crippen molar-refractivity contribution in [1.82, 2.24) is 0 Å². The summed E-state index contributed by atoms with van der Waals surface area (Å²) in [5, 5.41) is 3.88. The smallest absolute Gasteiger partial charge is 0.262 e. The molecule has 0 saturated heterocycles. The minimum atomic E-state index is -0.382. The number of carbonyl (C=O) groups is 1. The molecule has 2 aromatic rings. The zero-order valence-corrected chi connectivity index (χ0v) is 15.2. The number of anilines is 1. The largest absolute Gasteiger partial charge is 0.490 e. The Bertz CT molecular complexity index is 777. The first-order valence-electron chi connectivity index (χ1n) is 7.49. The van der Waals surface area contributed by atoms with E-state index in [0.29, 0.717) is 51.2 Å². The number of fused-ring (bicyclic) bond motifs is 1. The highest BCUT2D eigenvalue weighted by Crippen LogP contribution is 2.37. The van der Waals surface area contributed by atoms with Crippen molar-refractivity contribution in [3.63, 3.8) is 0 Å². The van der Waals surface area contributed by atoms with Crippen LogP contribution in [0.3, 0.4) is 0 Å². The first-order chi connectivity index (χ1) is 12.0. The van der Waals surface area contributed by atoms with Crippen molar-refractivity contribution < 1.29 is 19.0 Å². The molecular formula is C17H14Cl3NO4. The minimum Gasteiger partial charge on any atom is -0.490 e. The molecule has 0 unspecified atom stereocenters. The van der Waals surface area contributed by atoms with E-state index < -0.39 is 0 Å². The molecule has 0 aliphatic carbocycles. The second kappa shape index (κ2) is 8.04. The molecule has 1 amide bonds. The average molecular weight is 403 g/mol. The standard InChI is InChI=1S/C17H14Cl3NO4/c18-10-4-11(19)6-12(5-10)25-9-17(22)21-14-8-16-15(7-13(14)20)23-2-1-3-24-16/h4-8H,1-3,9H2,(H,21,22). The Labute approximate surface area is 159 Å². The summed E-state index contributed by atoms with van der Waals surface area (Å²) >= 11 is 18.0. The van der Waals surface area contributed by atoms with Gasteiger partial charge in [-0.3, -0.25) is 4.79 Å². The van der Waals surface area contributed by atoms with Crippen molar-refractivity contribution in [1.29, 1.82) is 0 Å². The highest BCUT2D eigenvalue weighted by Gasteiger charge is 2.16. The minimum absolute atomic E-state index is 0.221. The van der Waals surface area contributed by atoms with Gasteiger partial charge < -0.3 is 19.5 Å². The number of hydrogen-bond donors (Lipinski definition) is 1. The molecule has 0 bridgehead atoms. The van der Waals surface area contributed by atoms with E-state index in [1.54, 1.807) is 30.3 Å². The maximum atomic E-state index is 12.1. The van der Waals surface area contributed by atoms with E-state index in [0.717, 1.165) is 6.42 Å². The van der Waals surface area contributed by atoms with E-state index in [4.69, 9.17) is 49.0 Å². The van der Waals surface area contributed by atoms with Crippen LogP contribution in [-0.2, 0) is 4.79 Å². The van der Waals surface area contributed by atoms with Gasteiger partial charge in [-0.2, -0.15) is 0 Å². The van der Waals surface area contributed by atoms with Gasteiger partial charge in [0.25, 0.3) is 5.91 Å². The van der Waals surface area contributed by atoms with Crippen LogP contribution in [0.4, 0.5) is 5.69 Å². The van der Waals surface area contributed by atoms with Crippen LogP contribution in [0, 0.1) is 0 Å². The summed E-state index contributed by atoms with van der Waals surface area (Å²) in [5.74, 6) is 1.12. The lowest BCUT2D eigenvalue weighted by atomic mass is 10.2. The molecule has 0 fully saturated rings. The van der Waals surface area contributed by atoms with Gasteiger partial charge in [-0.05, 0) is 18.2 Å². The molecule has 1 N–H and O–H groups in total. The number of amides is 1. The van der Waals surface area contributed by atoms with Gasteiger partial charge in [0.2, 0.25) is 0 Å². The predicted octanol–water partition coefficient (Wildman–Crippen LogP) is 4.83. The van der Waals surface area contributed by atoms with Crippen LogP contribution < -0.4 is 19.5 Å². The van der Waals surface area contributed by atoms with Gasteiger partial charge in [0.15, 0.2) is 18.1 Å². The summed E-state index contributed by atoms with van der Waals surface area (Å²) in [7, 11) is 0. The second-order valence-electron chi connectivity index (χ2n) is 5.27. The molecule has 0 spiro atoms. The van der Waals surface area contributed by atoms with E-state index in [-0.39, 0.29) is 12.5 Å². The normalized spacial score (nSPS) is 13.1. The Morgan fingerprint density at radius 2 is 1.64 bits per heavy atom. The third kappa shape index (κ3) is 4.84. The molecule has 132 valence electrons. The molecular weight excluding hydrogens is 389 g/mol. The average Bonchev–Trinajstić information content (AvgIpc) is 2.77. The van der Waals surface area contributed by atoms with Gasteiger partial charge in [0.1, 0.15) is 5.75 Å². The van der Waals surface area contributed by atoms with Crippen LogP contribution in [0.2, 0.25) is 15.1 Å². The van der Waals surface area contributed by atoms with Crippen LogP contribution in [-0.4, -0.2) is 25.7 Å². The number of nitrogens with one attached hydrogen (secondary N) is 1. The van der Waals surface area contributed by atoms with Crippen molar-refractivity contribution in [2.24, 2.45) is 0 Å².